The number of hydrogen-bond acceptors (Lipinski definition) is 6. The summed E-state index contributed by atoms with van der Waals surface area (Å²) >= 11 is 3.22. The van der Waals surface area contributed by atoms with E-state index in [4.69, 9.17) is 9.47 Å². The highest BCUT2D eigenvalue weighted by Gasteiger charge is 2.44. The lowest BCUT2D eigenvalue weighted by atomic mass is 10.2. The van der Waals surface area contributed by atoms with E-state index in [1.165, 1.54) is 0 Å². The van der Waals surface area contributed by atoms with Gasteiger partial charge in [-0.15, -0.1) is 22.7 Å². The summed E-state index contributed by atoms with van der Waals surface area (Å²) in [5, 5.41) is 7.86. The van der Waals surface area contributed by atoms with Crippen LogP contribution in [0.15, 0.2) is 41.1 Å². The second-order valence-electron chi connectivity index (χ2n) is 6.83. The Labute approximate surface area is 165 Å². The molecule has 1 N–H and O–H groups in total. The third-order valence-electron chi connectivity index (χ3n) is 4.81. The van der Waals surface area contributed by atoms with Gasteiger partial charge in [0.05, 0.1) is 17.0 Å². The Balaban J connectivity index is 1.24. The Hall–Kier alpha value is -2.38. The van der Waals surface area contributed by atoms with E-state index in [0.717, 1.165) is 47.0 Å². The SMILES string of the molecule is O=C(Cc1csc(-c2cccs2)n1)Nc1ccc2c(c1)OC1(CCCC1)O2. The van der Waals surface area contributed by atoms with Gasteiger partial charge in [0.2, 0.25) is 5.91 Å². The third-order valence-corrected chi connectivity index (χ3v) is 6.74. The van der Waals surface area contributed by atoms with Crippen LogP contribution in [0.4, 0.5) is 5.69 Å². The molecule has 0 radical (unpaired) electrons. The van der Waals surface area contributed by atoms with E-state index in [9.17, 15) is 4.79 Å². The van der Waals surface area contributed by atoms with Gasteiger partial charge < -0.3 is 14.8 Å². The predicted octanol–water partition coefficient (Wildman–Crippen LogP) is 5.09. The average Bonchev–Trinajstić information content (AvgIpc) is 3.41. The zero-order valence-corrected chi connectivity index (χ0v) is 16.2. The van der Waals surface area contributed by atoms with Gasteiger partial charge in [0.1, 0.15) is 5.01 Å². The number of carbonyl (C=O) groups excluding carboxylic acids is 1. The molecule has 5 nitrogen and oxygen atoms in total. The molecule has 27 heavy (non-hydrogen) atoms. The molecule has 1 aromatic carbocycles. The summed E-state index contributed by atoms with van der Waals surface area (Å²) in [7, 11) is 0. The van der Waals surface area contributed by atoms with Gasteiger partial charge in [-0.3, -0.25) is 4.79 Å². The predicted molar refractivity (Wildman–Crippen MR) is 107 cm³/mol. The van der Waals surface area contributed by atoms with Crippen molar-refractivity contribution in [3.05, 3.63) is 46.8 Å². The van der Waals surface area contributed by atoms with Crippen molar-refractivity contribution in [2.45, 2.75) is 37.9 Å². The van der Waals surface area contributed by atoms with Crippen LogP contribution in [-0.4, -0.2) is 16.7 Å². The molecule has 0 bridgehead atoms. The molecule has 1 saturated carbocycles. The van der Waals surface area contributed by atoms with Crippen molar-refractivity contribution in [1.82, 2.24) is 4.98 Å². The van der Waals surface area contributed by atoms with E-state index in [2.05, 4.69) is 10.3 Å². The summed E-state index contributed by atoms with van der Waals surface area (Å²) in [4.78, 5) is 18.1. The molecule has 0 unspecified atom stereocenters. The molecule has 1 spiro atoms. The lowest BCUT2D eigenvalue weighted by Gasteiger charge is -2.21. The zero-order valence-electron chi connectivity index (χ0n) is 14.6. The molecule has 1 fully saturated rings. The second kappa shape index (κ2) is 6.65. The number of carbonyl (C=O) groups is 1. The fourth-order valence-electron chi connectivity index (χ4n) is 3.56. The molecule has 2 aromatic heterocycles. The van der Waals surface area contributed by atoms with Crippen molar-refractivity contribution in [3.63, 3.8) is 0 Å². The molecule has 7 heteroatoms. The summed E-state index contributed by atoms with van der Waals surface area (Å²) in [6, 6.07) is 9.61. The number of nitrogens with one attached hydrogen (secondary N) is 1. The summed E-state index contributed by atoms with van der Waals surface area (Å²) in [6.45, 7) is 0. The van der Waals surface area contributed by atoms with Gasteiger partial charge in [0.15, 0.2) is 11.5 Å². The molecule has 1 aliphatic carbocycles. The number of hydrogen-bond donors (Lipinski definition) is 1. The Bertz CT molecular complexity index is 975. The van der Waals surface area contributed by atoms with Crippen LogP contribution in [0.25, 0.3) is 9.88 Å². The number of thiophene rings is 1. The highest BCUT2D eigenvalue weighted by molar-refractivity contribution is 7.20. The molecule has 5 rings (SSSR count). The number of fused-ring (bicyclic) bond motifs is 1. The minimum atomic E-state index is -0.482. The van der Waals surface area contributed by atoms with Crippen LogP contribution in [0.3, 0.4) is 0 Å². The van der Waals surface area contributed by atoms with Crippen LogP contribution in [0.2, 0.25) is 0 Å². The van der Waals surface area contributed by atoms with Crippen LogP contribution >= 0.6 is 22.7 Å². The topological polar surface area (TPSA) is 60.5 Å². The number of benzene rings is 1. The Kier molecular flexibility index (Phi) is 4.13. The molecular weight excluding hydrogens is 380 g/mol. The summed E-state index contributed by atoms with van der Waals surface area (Å²) in [5.41, 5.74) is 1.50. The molecule has 1 amide bonds. The quantitative estimate of drug-likeness (QED) is 0.665. The first kappa shape index (κ1) is 16.8. The number of anilines is 1. The third kappa shape index (κ3) is 3.33. The van der Waals surface area contributed by atoms with E-state index in [1.807, 2.05) is 41.1 Å². The second-order valence-corrected chi connectivity index (χ2v) is 8.64. The summed E-state index contributed by atoms with van der Waals surface area (Å²) in [6.07, 6.45) is 4.33. The number of rotatable bonds is 4. The number of thiazole rings is 1. The molecule has 138 valence electrons. The molecule has 0 saturated heterocycles. The summed E-state index contributed by atoms with van der Waals surface area (Å²) in [5.74, 6) is 0.898. The number of ether oxygens (including phenoxy) is 2. The fourth-order valence-corrected chi connectivity index (χ4v) is 5.19. The molecule has 1 aliphatic heterocycles. The fraction of sp³-hybridized carbons (Fsp3) is 0.300. The van der Waals surface area contributed by atoms with Gasteiger partial charge in [-0.1, -0.05) is 6.07 Å². The molecule has 2 aliphatic rings. The normalized spacial score (nSPS) is 16.7. The smallest absolute Gasteiger partial charge is 0.251 e. The highest BCUT2D eigenvalue weighted by atomic mass is 32.1. The van der Waals surface area contributed by atoms with Crippen LogP contribution in [0.1, 0.15) is 31.4 Å². The van der Waals surface area contributed by atoms with E-state index in [-0.39, 0.29) is 12.3 Å². The zero-order chi connectivity index (χ0) is 18.3. The maximum Gasteiger partial charge on any atom is 0.251 e. The van der Waals surface area contributed by atoms with Crippen LogP contribution in [-0.2, 0) is 11.2 Å². The van der Waals surface area contributed by atoms with Gasteiger partial charge in [0, 0.05) is 30.0 Å². The lowest BCUT2D eigenvalue weighted by molar-refractivity contribution is -0.115. The number of aromatic nitrogens is 1. The number of amides is 1. The van der Waals surface area contributed by atoms with Crippen LogP contribution < -0.4 is 14.8 Å². The Morgan fingerprint density at radius 2 is 2.00 bits per heavy atom. The monoisotopic (exact) mass is 398 g/mol. The van der Waals surface area contributed by atoms with Crippen molar-refractivity contribution in [2.75, 3.05) is 5.32 Å². The summed E-state index contributed by atoms with van der Waals surface area (Å²) < 4.78 is 12.1. The molecule has 0 atom stereocenters. The lowest BCUT2D eigenvalue weighted by Crippen LogP contribution is -2.34. The van der Waals surface area contributed by atoms with Crippen LogP contribution in [0, 0.1) is 0 Å². The van der Waals surface area contributed by atoms with E-state index in [1.54, 1.807) is 22.7 Å². The standard InChI is InChI=1S/C20H18N2O3S2/c23-18(11-14-12-27-19(22-14)17-4-3-9-26-17)21-13-5-6-15-16(10-13)25-20(24-15)7-1-2-8-20/h3-6,9-10,12H,1-2,7-8,11H2,(H,21,23). The number of nitrogens with zero attached hydrogens (tertiary/aromatic N) is 1. The first-order chi connectivity index (χ1) is 13.2. The maximum atomic E-state index is 12.4. The minimum absolute atomic E-state index is 0.0903. The molecule has 3 aromatic rings. The first-order valence-electron chi connectivity index (χ1n) is 8.99. The Morgan fingerprint density at radius 3 is 2.81 bits per heavy atom. The first-order valence-corrected chi connectivity index (χ1v) is 10.8. The van der Waals surface area contributed by atoms with E-state index < -0.39 is 5.79 Å². The van der Waals surface area contributed by atoms with Gasteiger partial charge in [0.25, 0.3) is 5.79 Å². The highest BCUT2D eigenvalue weighted by Crippen LogP contribution is 2.47. The van der Waals surface area contributed by atoms with Gasteiger partial charge in [-0.2, -0.15) is 0 Å². The van der Waals surface area contributed by atoms with E-state index in [0.29, 0.717) is 11.4 Å². The van der Waals surface area contributed by atoms with Gasteiger partial charge in [-0.25, -0.2) is 4.98 Å². The van der Waals surface area contributed by atoms with Crippen LogP contribution in [0.5, 0.6) is 11.5 Å². The molecule has 3 heterocycles. The van der Waals surface area contributed by atoms with E-state index >= 15 is 0 Å². The van der Waals surface area contributed by atoms with Crippen molar-refractivity contribution >= 4 is 34.3 Å². The molecular formula is C20H18N2O3S2. The van der Waals surface area contributed by atoms with Gasteiger partial charge in [-0.05, 0) is 36.4 Å². The van der Waals surface area contributed by atoms with Crippen molar-refractivity contribution in [2.24, 2.45) is 0 Å². The largest absolute Gasteiger partial charge is 0.448 e. The Morgan fingerprint density at radius 1 is 1.15 bits per heavy atom. The van der Waals surface area contributed by atoms with Crippen molar-refractivity contribution in [3.8, 4) is 21.4 Å². The average molecular weight is 399 g/mol. The van der Waals surface area contributed by atoms with Crippen molar-refractivity contribution < 1.29 is 14.3 Å². The maximum absolute atomic E-state index is 12.4. The van der Waals surface area contributed by atoms with Crippen molar-refractivity contribution in [1.29, 1.82) is 0 Å². The minimum Gasteiger partial charge on any atom is -0.448 e. The van der Waals surface area contributed by atoms with Gasteiger partial charge >= 0.3 is 0 Å².